The molecule has 0 spiro atoms. The number of hydrogen-bond acceptors (Lipinski definition) is 3. The smallest absolute Gasteiger partial charge is 0.125 e. The van der Waals surface area contributed by atoms with Crippen LogP contribution in [0.2, 0.25) is 0 Å². The second-order valence-corrected chi connectivity index (χ2v) is 6.59. The van der Waals surface area contributed by atoms with Crippen molar-refractivity contribution in [2.24, 2.45) is 5.92 Å². The molecule has 2 unspecified atom stereocenters. The van der Waals surface area contributed by atoms with Crippen LogP contribution in [0.3, 0.4) is 0 Å². The van der Waals surface area contributed by atoms with Crippen LogP contribution >= 0.6 is 0 Å². The molecule has 2 atom stereocenters. The molecule has 3 nitrogen and oxygen atoms in total. The Bertz CT molecular complexity index is 508. The van der Waals surface area contributed by atoms with Crippen LogP contribution in [0.4, 0.5) is 10.1 Å². The molecule has 2 N–H and O–H groups in total. The fourth-order valence-electron chi connectivity index (χ4n) is 3.93. The first-order valence-electron chi connectivity index (χ1n) is 8.02. The van der Waals surface area contributed by atoms with E-state index >= 15 is 0 Å². The Morgan fingerprint density at radius 2 is 2.19 bits per heavy atom. The van der Waals surface area contributed by atoms with Crippen molar-refractivity contribution in [3.63, 3.8) is 0 Å². The van der Waals surface area contributed by atoms with Gasteiger partial charge in [0.05, 0.1) is 5.60 Å². The molecule has 4 heteroatoms. The third kappa shape index (κ3) is 3.06. The summed E-state index contributed by atoms with van der Waals surface area (Å²) in [7, 11) is 1.87. The molecule has 0 amide bonds. The summed E-state index contributed by atoms with van der Waals surface area (Å²) in [6, 6.07) is 5.26. The van der Waals surface area contributed by atoms with Gasteiger partial charge in [0, 0.05) is 31.2 Å². The molecule has 1 saturated heterocycles. The maximum Gasteiger partial charge on any atom is 0.125 e. The summed E-state index contributed by atoms with van der Waals surface area (Å²) in [5.41, 5.74) is 1.44. The Kier molecular flexibility index (Phi) is 4.18. The Balaban J connectivity index is 1.78. The number of fused-ring (bicyclic) bond motifs is 1. The first kappa shape index (κ1) is 14.8. The molecule has 2 aliphatic rings. The second kappa shape index (κ2) is 5.93. The van der Waals surface area contributed by atoms with E-state index in [1.807, 2.05) is 7.05 Å². The average molecular weight is 292 g/mol. The molecule has 21 heavy (non-hydrogen) atoms. The maximum atomic E-state index is 13.8. The number of hydrogen-bond donors (Lipinski definition) is 2. The van der Waals surface area contributed by atoms with Crippen LogP contribution in [0.1, 0.15) is 37.7 Å². The lowest BCUT2D eigenvalue weighted by atomic mass is 9.71. The molecule has 0 radical (unpaired) electrons. The molecule has 0 aromatic heterocycles. The Labute approximate surface area is 126 Å². The van der Waals surface area contributed by atoms with Gasteiger partial charge in [0.2, 0.25) is 0 Å². The monoisotopic (exact) mass is 292 g/mol. The highest BCUT2D eigenvalue weighted by molar-refractivity contribution is 5.50. The molecule has 0 bridgehead atoms. The van der Waals surface area contributed by atoms with E-state index < -0.39 is 5.60 Å². The lowest BCUT2D eigenvalue weighted by Crippen LogP contribution is -2.53. The molecule has 1 saturated carbocycles. The third-order valence-electron chi connectivity index (χ3n) is 5.12. The number of halogens is 1. The van der Waals surface area contributed by atoms with Gasteiger partial charge in [-0.15, -0.1) is 0 Å². The van der Waals surface area contributed by atoms with E-state index in [4.69, 9.17) is 0 Å². The minimum Gasteiger partial charge on any atom is -0.389 e. The highest BCUT2D eigenvalue weighted by Crippen LogP contribution is 2.41. The fourth-order valence-corrected chi connectivity index (χ4v) is 3.93. The summed E-state index contributed by atoms with van der Waals surface area (Å²) in [6.07, 6.45) is 5.16. The lowest BCUT2D eigenvalue weighted by Gasteiger charge is -2.48. The SMILES string of the molecule is CNCc1cc(F)cc(N2CCC3(O)CCCCC3C2)c1. The summed E-state index contributed by atoms with van der Waals surface area (Å²) in [5.74, 6) is 0.151. The van der Waals surface area contributed by atoms with E-state index in [9.17, 15) is 9.50 Å². The number of piperidine rings is 1. The number of benzene rings is 1. The molecule has 116 valence electrons. The van der Waals surface area contributed by atoms with Gasteiger partial charge in [-0.3, -0.25) is 0 Å². The minimum absolute atomic E-state index is 0.178. The van der Waals surface area contributed by atoms with Gasteiger partial charge in [-0.1, -0.05) is 12.8 Å². The van der Waals surface area contributed by atoms with Gasteiger partial charge >= 0.3 is 0 Å². The van der Waals surface area contributed by atoms with Gasteiger partial charge in [0.25, 0.3) is 0 Å². The zero-order valence-electron chi connectivity index (χ0n) is 12.7. The summed E-state index contributed by atoms with van der Waals surface area (Å²) >= 11 is 0. The van der Waals surface area contributed by atoms with Crippen LogP contribution in [0, 0.1) is 11.7 Å². The highest BCUT2D eigenvalue weighted by atomic mass is 19.1. The van der Waals surface area contributed by atoms with Gasteiger partial charge in [0.15, 0.2) is 0 Å². The van der Waals surface area contributed by atoms with Crippen LogP contribution in [0.15, 0.2) is 18.2 Å². The van der Waals surface area contributed by atoms with Crippen molar-refractivity contribution in [1.29, 1.82) is 0 Å². The summed E-state index contributed by atoms with van der Waals surface area (Å²) in [6.45, 7) is 2.33. The first-order valence-corrected chi connectivity index (χ1v) is 8.02. The second-order valence-electron chi connectivity index (χ2n) is 6.59. The van der Waals surface area contributed by atoms with Crippen LogP contribution in [0.5, 0.6) is 0 Å². The number of nitrogens with zero attached hydrogens (tertiary/aromatic N) is 1. The van der Waals surface area contributed by atoms with Crippen molar-refractivity contribution in [3.8, 4) is 0 Å². The first-order chi connectivity index (χ1) is 10.1. The lowest BCUT2D eigenvalue weighted by molar-refractivity contribution is -0.0612. The molecule has 1 aromatic rings. The molecular weight excluding hydrogens is 267 g/mol. The Morgan fingerprint density at radius 1 is 1.33 bits per heavy atom. The maximum absolute atomic E-state index is 13.8. The van der Waals surface area contributed by atoms with E-state index in [1.165, 1.54) is 6.42 Å². The largest absolute Gasteiger partial charge is 0.389 e. The van der Waals surface area contributed by atoms with Crippen LogP contribution in [0.25, 0.3) is 0 Å². The number of anilines is 1. The van der Waals surface area contributed by atoms with Crippen molar-refractivity contribution in [2.45, 2.75) is 44.2 Å². The van der Waals surface area contributed by atoms with Crippen LogP contribution in [-0.4, -0.2) is 30.8 Å². The number of rotatable bonds is 3. The molecule has 1 aromatic carbocycles. The van der Waals surface area contributed by atoms with Gasteiger partial charge in [-0.05, 0) is 50.1 Å². The zero-order valence-corrected chi connectivity index (χ0v) is 12.7. The van der Waals surface area contributed by atoms with Gasteiger partial charge in [-0.2, -0.15) is 0 Å². The molecule has 2 fully saturated rings. The number of aliphatic hydroxyl groups is 1. The van der Waals surface area contributed by atoms with E-state index in [-0.39, 0.29) is 5.82 Å². The summed E-state index contributed by atoms with van der Waals surface area (Å²) < 4.78 is 13.8. The zero-order chi connectivity index (χ0) is 14.9. The molecular formula is C17H25FN2O. The predicted molar refractivity (Wildman–Crippen MR) is 82.9 cm³/mol. The fraction of sp³-hybridized carbons (Fsp3) is 0.647. The normalized spacial score (nSPS) is 29.3. The van der Waals surface area contributed by atoms with Crippen molar-refractivity contribution in [3.05, 3.63) is 29.6 Å². The number of nitrogens with one attached hydrogen (secondary N) is 1. The summed E-state index contributed by atoms with van der Waals surface area (Å²) in [4.78, 5) is 2.24. The van der Waals surface area contributed by atoms with E-state index in [2.05, 4.69) is 16.3 Å². The standard InChI is InChI=1S/C17H25FN2O/c1-19-11-13-8-15(18)10-16(9-13)20-7-6-17(21)5-3-2-4-14(17)12-20/h8-10,14,19,21H,2-7,11-12H2,1H3. The average Bonchev–Trinajstić information content (AvgIpc) is 2.46. The summed E-state index contributed by atoms with van der Waals surface area (Å²) in [5, 5.41) is 13.8. The highest BCUT2D eigenvalue weighted by Gasteiger charge is 2.42. The Morgan fingerprint density at radius 3 is 3.00 bits per heavy atom. The van der Waals surface area contributed by atoms with Gasteiger partial charge in [-0.25, -0.2) is 4.39 Å². The molecule has 1 aliphatic carbocycles. The van der Waals surface area contributed by atoms with Crippen molar-refractivity contribution in [1.82, 2.24) is 5.32 Å². The van der Waals surface area contributed by atoms with E-state index in [0.29, 0.717) is 12.5 Å². The topological polar surface area (TPSA) is 35.5 Å². The van der Waals surface area contributed by atoms with Crippen LogP contribution in [-0.2, 0) is 6.54 Å². The Hall–Kier alpha value is -1.13. The van der Waals surface area contributed by atoms with Gasteiger partial charge < -0.3 is 15.3 Å². The minimum atomic E-state index is -0.476. The third-order valence-corrected chi connectivity index (χ3v) is 5.12. The predicted octanol–water partition coefficient (Wildman–Crippen LogP) is 2.68. The quantitative estimate of drug-likeness (QED) is 0.899. The van der Waals surface area contributed by atoms with Crippen LogP contribution < -0.4 is 10.2 Å². The van der Waals surface area contributed by atoms with Crippen molar-refractivity contribution >= 4 is 5.69 Å². The van der Waals surface area contributed by atoms with Crippen molar-refractivity contribution < 1.29 is 9.50 Å². The van der Waals surface area contributed by atoms with Crippen molar-refractivity contribution in [2.75, 3.05) is 25.0 Å². The van der Waals surface area contributed by atoms with E-state index in [1.54, 1.807) is 12.1 Å². The van der Waals surface area contributed by atoms with E-state index in [0.717, 1.165) is 50.0 Å². The molecule has 3 rings (SSSR count). The van der Waals surface area contributed by atoms with Gasteiger partial charge in [0.1, 0.15) is 5.82 Å². The molecule has 1 aliphatic heterocycles. The molecule has 1 heterocycles.